The number of halogens is 1. The molecule has 0 radical (unpaired) electrons. The second-order valence-corrected chi connectivity index (χ2v) is 4.88. The van der Waals surface area contributed by atoms with Gasteiger partial charge in [-0.25, -0.2) is 0 Å². The molecule has 1 fully saturated rings. The van der Waals surface area contributed by atoms with Crippen molar-refractivity contribution in [2.45, 2.75) is 18.8 Å². The molecule has 1 aliphatic heterocycles. The first-order valence-electron chi connectivity index (χ1n) is 5.77. The Labute approximate surface area is 102 Å². The fourth-order valence-electron chi connectivity index (χ4n) is 2.58. The Bertz CT molecular complexity index is 359. The molecule has 2 N–H and O–H groups in total. The minimum absolute atomic E-state index is 0.0435. The Morgan fingerprint density at radius 3 is 2.56 bits per heavy atom. The molecule has 1 aliphatic rings. The summed E-state index contributed by atoms with van der Waals surface area (Å²) in [6.45, 7) is 4.35. The van der Waals surface area contributed by atoms with Crippen LogP contribution in [0.25, 0.3) is 0 Å². The average molecular weight is 240 g/mol. The summed E-state index contributed by atoms with van der Waals surface area (Å²) in [7, 11) is 0. The molecule has 0 aromatic heterocycles. The van der Waals surface area contributed by atoms with Crippen LogP contribution in [0.4, 0.5) is 0 Å². The largest absolute Gasteiger partial charge is 0.379 e. The van der Waals surface area contributed by atoms with Crippen molar-refractivity contribution in [1.82, 2.24) is 0 Å². The molecule has 16 heavy (non-hydrogen) atoms. The summed E-state index contributed by atoms with van der Waals surface area (Å²) >= 11 is 6.28. The van der Waals surface area contributed by atoms with Crippen LogP contribution in [0.5, 0.6) is 0 Å². The van der Waals surface area contributed by atoms with E-state index in [1.807, 2.05) is 18.2 Å². The molecule has 88 valence electrons. The molecule has 1 unspecified atom stereocenters. The van der Waals surface area contributed by atoms with Gasteiger partial charge >= 0.3 is 0 Å². The molecule has 0 spiro atoms. The summed E-state index contributed by atoms with van der Waals surface area (Å²) in [6, 6.07) is 8.04. The molecule has 1 atom stereocenters. The van der Waals surface area contributed by atoms with Crippen LogP contribution in [0.2, 0.25) is 5.02 Å². The molecule has 2 rings (SSSR count). The van der Waals surface area contributed by atoms with Crippen molar-refractivity contribution in [3.8, 4) is 0 Å². The van der Waals surface area contributed by atoms with Gasteiger partial charge in [0.1, 0.15) is 0 Å². The smallest absolute Gasteiger partial charge is 0.0589 e. The predicted octanol–water partition coefficient (Wildman–Crippen LogP) is 2.59. The minimum atomic E-state index is 0.0435. The molecular weight excluding hydrogens is 222 g/mol. The predicted molar refractivity (Wildman–Crippen MR) is 66.8 cm³/mol. The van der Waals surface area contributed by atoms with Crippen molar-refractivity contribution in [2.24, 2.45) is 11.7 Å². The van der Waals surface area contributed by atoms with Gasteiger partial charge in [-0.3, -0.25) is 0 Å². The average Bonchev–Trinajstić information content (AvgIpc) is 2.25. The van der Waals surface area contributed by atoms with Gasteiger partial charge in [0, 0.05) is 10.4 Å². The van der Waals surface area contributed by atoms with E-state index in [2.05, 4.69) is 13.0 Å². The van der Waals surface area contributed by atoms with Gasteiger partial charge in [0.15, 0.2) is 0 Å². The standard InChI is InChI=1S/C13H18ClNO/c1-2-10(7-15)13(8-16-9-13)11-5-3-4-6-12(11)14/h3-6,10H,2,7-9,15H2,1H3. The molecule has 0 saturated carbocycles. The molecule has 3 heteroatoms. The third kappa shape index (κ3) is 1.75. The van der Waals surface area contributed by atoms with E-state index >= 15 is 0 Å². The molecule has 1 saturated heterocycles. The number of hydrogen-bond donors (Lipinski definition) is 1. The van der Waals surface area contributed by atoms with Crippen molar-refractivity contribution >= 4 is 11.6 Å². The first-order valence-corrected chi connectivity index (χ1v) is 6.15. The van der Waals surface area contributed by atoms with Gasteiger partial charge in [-0.05, 0) is 24.1 Å². The number of benzene rings is 1. The van der Waals surface area contributed by atoms with Gasteiger partial charge in [-0.15, -0.1) is 0 Å². The second kappa shape index (κ2) is 4.74. The molecule has 0 bridgehead atoms. The topological polar surface area (TPSA) is 35.2 Å². The second-order valence-electron chi connectivity index (χ2n) is 4.47. The van der Waals surface area contributed by atoms with Gasteiger partial charge in [-0.1, -0.05) is 43.1 Å². The van der Waals surface area contributed by atoms with Crippen molar-refractivity contribution < 1.29 is 4.74 Å². The highest BCUT2D eigenvalue weighted by Crippen LogP contribution is 2.43. The van der Waals surface area contributed by atoms with Gasteiger partial charge in [0.25, 0.3) is 0 Å². The highest BCUT2D eigenvalue weighted by molar-refractivity contribution is 6.31. The summed E-state index contributed by atoms with van der Waals surface area (Å²) in [5, 5.41) is 0.831. The Morgan fingerprint density at radius 2 is 2.12 bits per heavy atom. The van der Waals surface area contributed by atoms with E-state index in [9.17, 15) is 0 Å². The van der Waals surface area contributed by atoms with E-state index in [4.69, 9.17) is 22.1 Å². The summed E-state index contributed by atoms with van der Waals surface area (Å²) in [5.74, 6) is 0.446. The van der Waals surface area contributed by atoms with Crippen LogP contribution in [-0.4, -0.2) is 19.8 Å². The molecule has 0 aliphatic carbocycles. The maximum atomic E-state index is 6.28. The van der Waals surface area contributed by atoms with Crippen LogP contribution in [0.15, 0.2) is 24.3 Å². The first kappa shape index (κ1) is 11.9. The quantitative estimate of drug-likeness (QED) is 0.877. The number of hydrogen-bond acceptors (Lipinski definition) is 2. The van der Waals surface area contributed by atoms with E-state index < -0.39 is 0 Å². The number of nitrogens with two attached hydrogens (primary N) is 1. The van der Waals surface area contributed by atoms with Gasteiger partial charge in [0.2, 0.25) is 0 Å². The maximum absolute atomic E-state index is 6.28. The van der Waals surface area contributed by atoms with Crippen LogP contribution in [-0.2, 0) is 10.2 Å². The SMILES string of the molecule is CCC(CN)C1(c2ccccc2Cl)COC1. The Kier molecular flexibility index (Phi) is 3.53. The zero-order valence-corrected chi connectivity index (χ0v) is 10.3. The minimum Gasteiger partial charge on any atom is -0.379 e. The Hall–Kier alpha value is -0.570. The molecule has 2 nitrogen and oxygen atoms in total. The Morgan fingerprint density at radius 1 is 1.44 bits per heavy atom. The summed E-state index contributed by atoms with van der Waals surface area (Å²) in [6.07, 6.45) is 1.06. The highest BCUT2D eigenvalue weighted by Gasteiger charge is 2.46. The molecule has 1 heterocycles. The lowest BCUT2D eigenvalue weighted by Crippen LogP contribution is -2.54. The number of rotatable bonds is 4. The van der Waals surface area contributed by atoms with Crippen LogP contribution in [0, 0.1) is 5.92 Å². The third-order valence-corrected chi connectivity index (χ3v) is 4.02. The lowest BCUT2D eigenvalue weighted by molar-refractivity contribution is -0.0897. The fourth-order valence-corrected chi connectivity index (χ4v) is 2.90. The lowest BCUT2D eigenvalue weighted by atomic mass is 9.67. The third-order valence-electron chi connectivity index (χ3n) is 3.69. The fraction of sp³-hybridized carbons (Fsp3) is 0.538. The van der Waals surface area contributed by atoms with E-state index in [-0.39, 0.29) is 5.41 Å². The normalized spacial score (nSPS) is 20.2. The van der Waals surface area contributed by atoms with Gasteiger partial charge < -0.3 is 10.5 Å². The number of ether oxygens (including phenoxy) is 1. The van der Waals surface area contributed by atoms with Crippen LogP contribution >= 0.6 is 11.6 Å². The van der Waals surface area contributed by atoms with E-state index in [1.54, 1.807) is 0 Å². The first-order chi connectivity index (χ1) is 7.74. The van der Waals surface area contributed by atoms with Crippen molar-refractivity contribution in [1.29, 1.82) is 0 Å². The molecule has 0 amide bonds. The zero-order valence-electron chi connectivity index (χ0n) is 9.58. The summed E-state index contributed by atoms with van der Waals surface area (Å²) in [4.78, 5) is 0. The van der Waals surface area contributed by atoms with Crippen molar-refractivity contribution in [3.05, 3.63) is 34.9 Å². The van der Waals surface area contributed by atoms with Crippen LogP contribution < -0.4 is 5.73 Å². The van der Waals surface area contributed by atoms with Crippen molar-refractivity contribution in [3.63, 3.8) is 0 Å². The summed E-state index contributed by atoms with van der Waals surface area (Å²) < 4.78 is 5.42. The maximum Gasteiger partial charge on any atom is 0.0589 e. The molecule has 1 aromatic rings. The van der Waals surface area contributed by atoms with E-state index in [0.717, 1.165) is 24.7 Å². The monoisotopic (exact) mass is 239 g/mol. The molecule has 1 aromatic carbocycles. The van der Waals surface area contributed by atoms with Gasteiger partial charge in [0.05, 0.1) is 13.2 Å². The Balaban J connectivity index is 2.38. The van der Waals surface area contributed by atoms with Crippen molar-refractivity contribution in [2.75, 3.05) is 19.8 Å². The van der Waals surface area contributed by atoms with E-state index in [0.29, 0.717) is 12.5 Å². The zero-order chi connectivity index (χ0) is 11.6. The highest BCUT2D eigenvalue weighted by atomic mass is 35.5. The molecular formula is C13H18ClNO. The van der Waals surface area contributed by atoms with Crippen LogP contribution in [0.1, 0.15) is 18.9 Å². The summed E-state index contributed by atoms with van der Waals surface area (Å²) in [5.41, 5.74) is 7.11. The van der Waals surface area contributed by atoms with E-state index in [1.165, 1.54) is 5.56 Å². The van der Waals surface area contributed by atoms with Gasteiger partial charge in [-0.2, -0.15) is 0 Å². The lowest BCUT2D eigenvalue weighted by Gasteiger charge is -2.47. The van der Waals surface area contributed by atoms with Crippen LogP contribution in [0.3, 0.4) is 0 Å².